The number of aromatic amines is 1. The molecule has 1 heterocycles. The summed E-state index contributed by atoms with van der Waals surface area (Å²) in [6, 6.07) is 4.96. The van der Waals surface area contributed by atoms with Gasteiger partial charge in [0.05, 0.1) is 5.52 Å². The maximum Gasteiger partial charge on any atom is 0.417 e. The van der Waals surface area contributed by atoms with Crippen LogP contribution in [0.1, 0.15) is 0 Å². The highest BCUT2D eigenvalue weighted by molar-refractivity contribution is 6.31. The lowest BCUT2D eigenvalue weighted by Crippen LogP contribution is -1.92. The average Bonchev–Trinajstić information content (AvgIpc) is 2.27. The van der Waals surface area contributed by atoms with Crippen LogP contribution < -0.4 is 5.76 Å². The summed E-state index contributed by atoms with van der Waals surface area (Å²) in [5.74, 6) is -0.456. The van der Waals surface area contributed by atoms with Crippen molar-refractivity contribution < 1.29 is 4.42 Å². The lowest BCUT2D eigenvalue weighted by Gasteiger charge is -1.86. The predicted octanol–water partition coefficient (Wildman–Crippen LogP) is 1.77. The highest BCUT2D eigenvalue weighted by atomic mass is 35.5. The maximum absolute atomic E-state index is 10.6. The number of halogens is 1. The fourth-order valence-electron chi connectivity index (χ4n) is 0.924. The van der Waals surface area contributed by atoms with Crippen molar-refractivity contribution in [2.24, 2.45) is 0 Å². The van der Waals surface area contributed by atoms with Crippen molar-refractivity contribution >= 4 is 22.7 Å². The van der Waals surface area contributed by atoms with E-state index < -0.39 is 5.76 Å². The molecule has 0 radical (unpaired) electrons. The summed E-state index contributed by atoms with van der Waals surface area (Å²) in [4.78, 5) is 13.1. The monoisotopic (exact) mass is 168 g/mol. The minimum absolute atomic E-state index is 0.456. The number of hydrogen-bond donors (Lipinski definition) is 1. The highest BCUT2D eigenvalue weighted by Crippen LogP contribution is 2.15. The van der Waals surface area contributed by atoms with Gasteiger partial charge in [-0.05, 0) is 18.2 Å². The van der Waals surface area contributed by atoms with Gasteiger partial charge in [0, 0.05) is 5.02 Å². The molecule has 1 aromatic carbocycles. The Kier molecular flexibility index (Phi) is 1.26. The van der Waals surface area contributed by atoms with Gasteiger partial charge in [0.2, 0.25) is 0 Å². The zero-order chi connectivity index (χ0) is 7.84. The van der Waals surface area contributed by atoms with Crippen molar-refractivity contribution in [3.8, 4) is 0 Å². The largest absolute Gasteiger partial charge is 0.417 e. The molecule has 0 fully saturated rings. The molecule has 0 amide bonds. The van der Waals surface area contributed by atoms with Gasteiger partial charge >= 0.3 is 5.76 Å². The van der Waals surface area contributed by atoms with Gasteiger partial charge < -0.3 is 4.42 Å². The number of oxazole rings is 1. The topological polar surface area (TPSA) is 46.0 Å². The molecule has 0 atom stereocenters. The van der Waals surface area contributed by atoms with Crippen molar-refractivity contribution in [1.29, 1.82) is 0 Å². The van der Waals surface area contributed by atoms with E-state index in [-0.39, 0.29) is 0 Å². The number of hydrogen-bond acceptors (Lipinski definition) is 2. The Bertz CT molecular complexity index is 443. The van der Waals surface area contributed by atoms with Gasteiger partial charge in [0.15, 0.2) is 5.58 Å². The van der Waals surface area contributed by atoms with E-state index in [2.05, 4.69) is 4.98 Å². The molecule has 0 aliphatic rings. The second-order valence-electron chi connectivity index (χ2n) is 2.16. The lowest BCUT2D eigenvalue weighted by atomic mass is 10.3. The molecule has 1 aromatic heterocycles. The SMILES string of the molecule is O=[11c]1[nH]c2cc(Cl)ccc2o1. The van der Waals surface area contributed by atoms with Crippen molar-refractivity contribution in [3.63, 3.8) is 0 Å². The summed E-state index contributed by atoms with van der Waals surface area (Å²) >= 11 is 5.66. The van der Waals surface area contributed by atoms with Gasteiger partial charge in [-0.1, -0.05) is 11.6 Å². The van der Waals surface area contributed by atoms with Crippen molar-refractivity contribution in [1.82, 2.24) is 4.98 Å². The molecule has 3 nitrogen and oxygen atoms in total. The summed E-state index contributed by atoms with van der Waals surface area (Å²) in [6.45, 7) is 0. The van der Waals surface area contributed by atoms with E-state index in [1.54, 1.807) is 18.2 Å². The summed E-state index contributed by atoms with van der Waals surface area (Å²) in [5.41, 5.74) is 1.15. The quantitative estimate of drug-likeness (QED) is 0.652. The molecule has 11 heavy (non-hydrogen) atoms. The molecule has 0 unspecified atom stereocenters. The first-order chi connectivity index (χ1) is 5.25. The van der Waals surface area contributed by atoms with Crippen LogP contribution in [0.25, 0.3) is 11.1 Å². The molecule has 56 valence electrons. The summed E-state index contributed by atoms with van der Waals surface area (Å²) in [5, 5.41) is 0.578. The van der Waals surface area contributed by atoms with Crippen LogP contribution in [0.2, 0.25) is 5.02 Å². The zero-order valence-electron chi connectivity index (χ0n) is 5.43. The molecule has 2 aromatic rings. The third-order valence-corrected chi connectivity index (χ3v) is 1.62. The van der Waals surface area contributed by atoms with E-state index in [1.165, 1.54) is 0 Å². The van der Waals surface area contributed by atoms with Crippen LogP contribution in [0.15, 0.2) is 27.4 Å². The average molecular weight is 169 g/mol. The molecule has 2 rings (SSSR count). The Morgan fingerprint density at radius 3 is 3.09 bits per heavy atom. The summed E-state index contributed by atoms with van der Waals surface area (Å²) < 4.78 is 4.75. The van der Waals surface area contributed by atoms with Crippen LogP contribution in [-0.4, -0.2) is 4.98 Å². The fraction of sp³-hybridized carbons (Fsp3) is 0. The van der Waals surface area contributed by atoms with E-state index in [4.69, 9.17) is 16.0 Å². The Hall–Kier alpha value is -1.22. The molecule has 0 saturated carbocycles. The Labute approximate surface area is 66.6 Å². The first-order valence-electron chi connectivity index (χ1n) is 3.04. The van der Waals surface area contributed by atoms with Crippen molar-refractivity contribution in [2.45, 2.75) is 0 Å². The van der Waals surface area contributed by atoms with Gasteiger partial charge in [-0.15, -0.1) is 0 Å². The molecule has 0 aliphatic heterocycles. The van der Waals surface area contributed by atoms with Gasteiger partial charge in [-0.3, -0.25) is 4.98 Å². The van der Waals surface area contributed by atoms with E-state index in [1.807, 2.05) is 0 Å². The molecule has 1 N–H and O–H groups in total. The predicted molar refractivity (Wildman–Crippen MR) is 41.8 cm³/mol. The second kappa shape index (κ2) is 2.13. The fourth-order valence-corrected chi connectivity index (χ4v) is 1.10. The number of nitrogens with one attached hydrogen (secondary N) is 1. The maximum atomic E-state index is 10.6. The standard InChI is InChI=1S/C7H4ClNO2/c8-4-1-2-6-5(3-4)9-7(10)11-6/h1-3H,(H,9,10)/i7-1. The molecule has 0 spiro atoms. The molecule has 0 saturated heterocycles. The summed E-state index contributed by atoms with van der Waals surface area (Å²) in [7, 11) is 0. The van der Waals surface area contributed by atoms with Gasteiger partial charge in [-0.25, -0.2) is 4.79 Å². The van der Waals surface area contributed by atoms with Gasteiger partial charge in [0.1, 0.15) is 0 Å². The lowest BCUT2D eigenvalue weighted by molar-refractivity contribution is 0.555. The van der Waals surface area contributed by atoms with Crippen LogP contribution >= 0.6 is 11.6 Å². The number of rotatable bonds is 0. The second-order valence-corrected chi connectivity index (χ2v) is 2.59. The van der Waals surface area contributed by atoms with E-state index >= 15 is 0 Å². The van der Waals surface area contributed by atoms with Gasteiger partial charge in [0.25, 0.3) is 0 Å². The van der Waals surface area contributed by atoms with Crippen LogP contribution in [0.5, 0.6) is 0 Å². The Balaban J connectivity index is 2.92. The number of benzene rings is 1. The number of aromatic nitrogens is 1. The third-order valence-electron chi connectivity index (χ3n) is 1.38. The third kappa shape index (κ3) is 1.03. The first-order valence-corrected chi connectivity index (χ1v) is 3.42. The normalized spacial score (nSPS) is 10.6. The first kappa shape index (κ1) is 6.49. The number of H-pyrrole nitrogens is 1. The van der Waals surface area contributed by atoms with Crippen LogP contribution in [0.3, 0.4) is 0 Å². The molecular weight excluding hydrogens is 165 g/mol. The minimum Gasteiger partial charge on any atom is -0.408 e. The van der Waals surface area contributed by atoms with Crippen molar-refractivity contribution in [2.75, 3.05) is 0 Å². The smallest absolute Gasteiger partial charge is 0.408 e. The zero-order valence-corrected chi connectivity index (χ0v) is 6.18. The Morgan fingerprint density at radius 2 is 2.27 bits per heavy atom. The van der Waals surface area contributed by atoms with E-state index in [0.29, 0.717) is 16.1 Å². The van der Waals surface area contributed by atoms with Crippen LogP contribution in [-0.2, 0) is 0 Å². The summed E-state index contributed by atoms with van der Waals surface area (Å²) in [6.07, 6.45) is 0. The van der Waals surface area contributed by atoms with Crippen molar-refractivity contribution in [3.05, 3.63) is 33.8 Å². The van der Waals surface area contributed by atoms with Gasteiger partial charge in [-0.2, -0.15) is 0 Å². The number of fused-ring (bicyclic) bond motifs is 1. The van der Waals surface area contributed by atoms with Crippen LogP contribution in [0, 0.1) is 0 Å². The van der Waals surface area contributed by atoms with Crippen LogP contribution in [0.4, 0.5) is 0 Å². The Morgan fingerprint density at radius 1 is 1.45 bits per heavy atom. The molecule has 4 heteroatoms. The minimum atomic E-state index is -0.456. The molecule has 0 bridgehead atoms. The van der Waals surface area contributed by atoms with E-state index in [9.17, 15) is 4.79 Å². The molecule has 0 aliphatic carbocycles. The molecular formula is C7H4ClNO2. The highest BCUT2D eigenvalue weighted by Gasteiger charge is 1.99. The van der Waals surface area contributed by atoms with E-state index in [0.717, 1.165) is 0 Å².